The summed E-state index contributed by atoms with van der Waals surface area (Å²) in [6.45, 7) is 0.116. The van der Waals surface area contributed by atoms with Gasteiger partial charge in [-0.3, -0.25) is 14.5 Å². The minimum atomic E-state index is -0.999. The molecule has 7 nitrogen and oxygen atoms in total. The van der Waals surface area contributed by atoms with Gasteiger partial charge in [0, 0.05) is 11.4 Å². The largest absolute Gasteiger partial charge is 0.451 e. The second kappa shape index (κ2) is 11.2. The molecule has 0 saturated carbocycles. The zero-order chi connectivity index (χ0) is 26.7. The maximum absolute atomic E-state index is 13.9. The van der Waals surface area contributed by atoms with Gasteiger partial charge in [0.05, 0.1) is 11.4 Å². The van der Waals surface area contributed by atoms with Gasteiger partial charge in [-0.05, 0) is 29.5 Å². The Kier molecular flexibility index (Phi) is 7.74. The van der Waals surface area contributed by atoms with Crippen LogP contribution in [0, 0.1) is 0 Å². The molecule has 0 radical (unpaired) electrons. The third-order valence-corrected chi connectivity index (χ3v) is 8.91. The minimum Gasteiger partial charge on any atom is -0.451 e. The van der Waals surface area contributed by atoms with Crippen molar-refractivity contribution in [1.29, 1.82) is 0 Å². The van der Waals surface area contributed by atoms with Crippen LogP contribution in [0.4, 0.5) is 0 Å². The number of esters is 1. The molecule has 9 heteroatoms. The van der Waals surface area contributed by atoms with Crippen LogP contribution >= 0.6 is 23.4 Å². The van der Waals surface area contributed by atoms with Crippen molar-refractivity contribution >= 4 is 41.1 Å². The molecule has 0 bridgehead atoms. The Labute approximate surface area is 230 Å². The van der Waals surface area contributed by atoms with Crippen LogP contribution < -0.4 is 5.32 Å². The van der Waals surface area contributed by atoms with Gasteiger partial charge < -0.3 is 14.8 Å². The Bertz CT molecular complexity index is 1250. The number of amides is 2. The molecule has 2 fully saturated rings. The number of rotatable bonds is 8. The van der Waals surface area contributed by atoms with Gasteiger partial charge in [0.15, 0.2) is 18.4 Å². The molecule has 0 aromatic heterocycles. The zero-order valence-electron chi connectivity index (χ0n) is 20.7. The van der Waals surface area contributed by atoms with Crippen LogP contribution in [0.5, 0.6) is 0 Å². The normalized spacial score (nSPS) is 24.3. The summed E-state index contributed by atoms with van der Waals surface area (Å²) < 4.78 is 11.3. The summed E-state index contributed by atoms with van der Waals surface area (Å²) in [5.74, 6) is -1.32. The highest BCUT2D eigenvalue weighted by Gasteiger charge is 2.63. The van der Waals surface area contributed by atoms with Gasteiger partial charge in [-0.25, -0.2) is 4.79 Å². The topological polar surface area (TPSA) is 84.9 Å². The standard InChI is InChI=1S/C29H27ClN2O5S/c1-38-29(17-30)18-36-27-22(31-25(33)21-15-9-4-10-16-21)26(34)32(27)24(29)28(35)37-23(19-11-5-2-6-12-19)20-13-7-3-8-14-20/h2-16,22-24,27H,17-18H2,1H3,(H,31,33)/t22-,24-,27+,29+/m0/s1. The van der Waals surface area contributed by atoms with Gasteiger partial charge in [-0.15, -0.1) is 11.6 Å². The number of hydrogen-bond donors (Lipinski definition) is 1. The van der Waals surface area contributed by atoms with Gasteiger partial charge in [-0.2, -0.15) is 11.8 Å². The summed E-state index contributed by atoms with van der Waals surface area (Å²) in [7, 11) is 0. The molecule has 2 saturated heterocycles. The van der Waals surface area contributed by atoms with E-state index in [-0.39, 0.29) is 12.5 Å². The summed E-state index contributed by atoms with van der Waals surface area (Å²) in [5, 5.41) is 2.75. The Balaban J connectivity index is 1.42. The molecule has 0 spiro atoms. The highest BCUT2D eigenvalue weighted by molar-refractivity contribution is 8.00. The number of ether oxygens (including phenoxy) is 2. The molecule has 5 rings (SSSR count). The molecular weight excluding hydrogens is 524 g/mol. The van der Waals surface area contributed by atoms with Crippen LogP contribution in [0.25, 0.3) is 0 Å². The van der Waals surface area contributed by atoms with Crippen molar-refractivity contribution in [1.82, 2.24) is 10.2 Å². The van der Waals surface area contributed by atoms with Crippen LogP contribution in [0.2, 0.25) is 0 Å². The number of nitrogens with one attached hydrogen (secondary N) is 1. The van der Waals surface area contributed by atoms with Crippen LogP contribution in [0.3, 0.4) is 0 Å². The number of benzene rings is 3. The maximum atomic E-state index is 13.9. The van der Waals surface area contributed by atoms with Gasteiger partial charge in [-0.1, -0.05) is 78.9 Å². The van der Waals surface area contributed by atoms with Gasteiger partial charge >= 0.3 is 5.97 Å². The fourth-order valence-corrected chi connectivity index (χ4v) is 6.15. The summed E-state index contributed by atoms with van der Waals surface area (Å²) >= 11 is 7.78. The quantitative estimate of drug-likeness (QED) is 0.259. The van der Waals surface area contributed by atoms with E-state index < -0.39 is 46.9 Å². The Morgan fingerprint density at radius 3 is 2.11 bits per heavy atom. The predicted octanol–water partition coefficient (Wildman–Crippen LogP) is 4.03. The fraction of sp³-hybridized carbons (Fsp3) is 0.276. The molecule has 0 aliphatic carbocycles. The molecule has 2 heterocycles. The number of nitrogens with zero attached hydrogens (tertiary/aromatic N) is 1. The lowest BCUT2D eigenvalue weighted by Crippen LogP contribution is -2.81. The number of alkyl halides is 1. The van der Waals surface area contributed by atoms with Crippen molar-refractivity contribution in [3.8, 4) is 0 Å². The first kappa shape index (κ1) is 26.3. The van der Waals surface area contributed by atoms with Crippen molar-refractivity contribution < 1.29 is 23.9 Å². The summed E-state index contributed by atoms with van der Waals surface area (Å²) in [5.41, 5.74) is 2.04. The molecule has 2 amide bonds. The number of thioether (sulfide) groups is 1. The molecule has 2 aliphatic heterocycles. The highest BCUT2D eigenvalue weighted by Crippen LogP contribution is 2.43. The number of carbonyl (C=O) groups is 3. The number of fused-ring (bicyclic) bond motifs is 1. The number of halogens is 1. The Hall–Kier alpha value is -3.33. The summed E-state index contributed by atoms with van der Waals surface area (Å²) in [6.07, 6.45) is 0.353. The van der Waals surface area contributed by atoms with Crippen LogP contribution in [-0.2, 0) is 19.1 Å². The molecule has 3 aromatic rings. The highest BCUT2D eigenvalue weighted by atomic mass is 35.5. The zero-order valence-corrected chi connectivity index (χ0v) is 22.2. The van der Waals surface area contributed by atoms with E-state index in [1.807, 2.05) is 66.9 Å². The van der Waals surface area contributed by atoms with Gasteiger partial charge in [0.25, 0.3) is 11.8 Å². The van der Waals surface area contributed by atoms with E-state index in [0.717, 1.165) is 11.1 Å². The first-order valence-electron chi connectivity index (χ1n) is 12.2. The maximum Gasteiger partial charge on any atom is 0.331 e. The molecule has 0 unspecified atom stereocenters. The van der Waals surface area contributed by atoms with E-state index in [9.17, 15) is 14.4 Å². The SMILES string of the molecule is CS[C@]1(CCl)CO[C@@H]2[C@@H](NC(=O)c3ccccc3)C(=O)N2[C@H]1C(=O)OC(c1ccccc1)c1ccccc1. The molecular formula is C29H27ClN2O5S. The second-order valence-corrected chi connectivity index (χ2v) is 10.7. The molecule has 196 valence electrons. The fourth-order valence-electron chi connectivity index (χ4n) is 4.87. The first-order chi connectivity index (χ1) is 18.5. The number of carbonyl (C=O) groups excluding carboxylic acids is 3. The van der Waals surface area contributed by atoms with E-state index in [4.69, 9.17) is 21.1 Å². The Morgan fingerprint density at radius 1 is 1.03 bits per heavy atom. The molecule has 1 N–H and O–H groups in total. The van der Waals surface area contributed by atoms with E-state index in [2.05, 4.69) is 5.32 Å². The predicted molar refractivity (Wildman–Crippen MR) is 146 cm³/mol. The van der Waals surface area contributed by atoms with E-state index in [1.165, 1.54) is 16.7 Å². The third kappa shape index (κ3) is 4.79. The molecule has 2 aliphatic rings. The number of hydrogen-bond acceptors (Lipinski definition) is 6. The smallest absolute Gasteiger partial charge is 0.331 e. The second-order valence-electron chi connectivity index (χ2n) is 9.21. The first-order valence-corrected chi connectivity index (χ1v) is 14.0. The van der Waals surface area contributed by atoms with Crippen LogP contribution in [0.1, 0.15) is 27.6 Å². The van der Waals surface area contributed by atoms with Gasteiger partial charge in [0.2, 0.25) is 0 Å². The minimum absolute atomic E-state index is 0.0623. The van der Waals surface area contributed by atoms with Crippen molar-refractivity contribution in [2.24, 2.45) is 0 Å². The average molecular weight is 551 g/mol. The number of β-lactam (4-membered cyclic amide) rings is 1. The Morgan fingerprint density at radius 2 is 1.58 bits per heavy atom. The van der Waals surface area contributed by atoms with Crippen molar-refractivity contribution in [2.45, 2.75) is 29.2 Å². The van der Waals surface area contributed by atoms with Crippen molar-refractivity contribution in [3.05, 3.63) is 108 Å². The van der Waals surface area contributed by atoms with Crippen molar-refractivity contribution in [3.63, 3.8) is 0 Å². The van der Waals surface area contributed by atoms with E-state index in [1.54, 1.807) is 30.3 Å². The van der Waals surface area contributed by atoms with Gasteiger partial charge in [0.1, 0.15) is 6.04 Å². The summed E-state index contributed by atoms with van der Waals surface area (Å²) in [6, 6.07) is 25.6. The lowest BCUT2D eigenvalue weighted by molar-refractivity contribution is -0.219. The lowest BCUT2D eigenvalue weighted by atomic mass is 9.89. The summed E-state index contributed by atoms with van der Waals surface area (Å²) in [4.78, 5) is 41.4. The molecule has 3 aromatic carbocycles. The third-order valence-electron chi connectivity index (χ3n) is 6.97. The van der Waals surface area contributed by atoms with Crippen LogP contribution in [0.15, 0.2) is 91.0 Å². The molecule has 38 heavy (non-hydrogen) atoms. The van der Waals surface area contributed by atoms with Crippen LogP contribution in [-0.4, -0.2) is 64.5 Å². The lowest BCUT2D eigenvalue weighted by Gasteiger charge is -2.57. The van der Waals surface area contributed by atoms with E-state index >= 15 is 0 Å². The monoisotopic (exact) mass is 550 g/mol. The van der Waals surface area contributed by atoms with E-state index in [0.29, 0.717) is 5.56 Å². The van der Waals surface area contributed by atoms with Crippen molar-refractivity contribution in [2.75, 3.05) is 18.7 Å². The average Bonchev–Trinajstić information content (AvgIpc) is 2.98. The molecule has 4 atom stereocenters.